The summed E-state index contributed by atoms with van der Waals surface area (Å²) in [6.45, 7) is 2.16. The van der Waals surface area contributed by atoms with Gasteiger partial charge in [0.05, 0.1) is 18.2 Å². The molecule has 0 radical (unpaired) electrons. The van der Waals surface area contributed by atoms with Gasteiger partial charge in [-0.05, 0) is 19.1 Å². The van der Waals surface area contributed by atoms with Crippen molar-refractivity contribution < 1.29 is 9.59 Å². The number of rotatable bonds is 5. The maximum Gasteiger partial charge on any atom is 0.273 e. The molecule has 7 nitrogen and oxygen atoms in total. The lowest BCUT2D eigenvalue weighted by atomic mass is 10.1. The maximum absolute atomic E-state index is 12.1. The normalized spacial score (nSPS) is 9.82. The fourth-order valence-electron chi connectivity index (χ4n) is 1.77. The minimum atomic E-state index is -0.448. The van der Waals surface area contributed by atoms with Crippen LogP contribution in [0.25, 0.3) is 0 Å². The third kappa shape index (κ3) is 3.70. The number of aromatic nitrogens is 2. The average molecular weight is 297 g/mol. The van der Waals surface area contributed by atoms with Crippen molar-refractivity contribution in [2.45, 2.75) is 13.3 Å². The van der Waals surface area contributed by atoms with E-state index in [1.165, 1.54) is 6.20 Å². The topological polar surface area (TPSA) is 111 Å². The highest BCUT2D eigenvalue weighted by molar-refractivity contribution is 6.08. The smallest absolute Gasteiger partial charge is 0.273 e. The van der Waals surface area contributed by atoms with Gasteiger partial charge in [0.15, 0.2) is 5.69 Å². The molecule has 0 spiro atoms. The third-order valence-electron chi connectivity index (χ3n) is 2.94. The molecule has 1 aromatic carbocycles. The number of carbonyl (C=O) groups excluding carboxylic acids is 2. The Morgan fingerprint density at radius 2 is 2.00 bits per heavy atom. The number of nitrogens with one attached hydrogen (secondary N) is 3. The number of aromatic amines is 1. The summed E-state index contributed by atoms with van der Waals surface area (Å²) < 4.78 is 0. The second-order valence-corrected chi connectivity index (χ2v) is 4.63. The van der Waals surface area contributed by atoms with E-state index >= 15 is 0 Å². The molecule has 0 unspecified atom stereocenters. The van der Waals surface area contributed by atoms with Crippen molar-refractivity contribution in [2.75, 3.05) is 11.9 Å². The van der Waals surface area contributed by atoms with E-state index in [1.807, 2.05) is 25.1 Å². The van der Waals surface area contributed by atoms with E-state index in [9.17, 15) is 9.59 Å². The standard InChI is InChI=1S/C15H15N5O2/c1-10-3-5-11(6-4-10)14(21)19-12-9-18-20-13(12)15(22)17-8-2-7-16/h3-6,9H,2,8H2,1H3,(H,17,22)(H,18,20)(H,19,21). The SMILES string of the molecule is Cc1ccc(C(=O)Nc2c[nH]nc2C(=O)NCCC#N)cc1. The second kappa shape index (κ2) is 7.04. The van der Waals surface area contributed by atoms with Crippen molar-refractivity contribution in [3.05, 3.63) is 47.3 Å². The van der Waals surface area contributed by atoms with E-state index in [0.29, 0.717) is 11.3 Å². The summed E-state index contributed by atoms with van der Waals surface area (Å²) in [7, 11) is 0. The van der Waals surface area contributed by atoms with Gasteiger partial charge in [-0.3, -0.25) is 14.7 Å². The number of anilines is 1. The molecule has 0 aliphatic carbocycles. The van der Waals surface area contributed by atoms with Gasteiger partial charge >= 0.3 is 0 Å². The summed E-state index contributed by atoms with van der Waals surface area (Å²) in [6.07, 6.45) is 1.65. The van der Waals surface area contributed by atoms with Crippen LogP contribution in [0.5, 0.6) is 0 Å². The van der Waals surface area contributed by atoms with Gasteiger partial charge in [0, 0.05) is 18.3 Å². The lowest BCUT2D eigenvalue weighted by molar-refractivity contribution is 0.0950. The van der Waals surface area contributed by atoms with Gasteiger partial charge < -0.3 is 10.6 Å². The van der Waals surface area contributed by atoms with Crippen LogP contribution in [-0.4, -0.2) is 28.6 Å². The van der Waals surface area contributed by atoms with Crippen LogP contribution >= 0.6 is 0 Å². The minimum Gasteiger partial charge on any atom is -0.350 e. The van der Waals surface area contributed by atoms with E-state index < -0.39 is 5.91 Å². The van der Waals surface area contributed by atoms with Gasteiger partial charge in [0.25, 0.3) is 11.8 Å². The largest absolute Gasteiger partial charge is 0.350 e. The number of aryl methyl sites for hydroxylation is 1. The molecule has 3 N–H and O–H groups in total. The molecule has 7 heteroatoms. The molecule has 2 aromatic rings. The Kier molecular flexibility index (Phi) is 4.88. The minimum absolute atomic E-state index is 0.0819. The zero-order valence-electron chi connectivity index (χ0n) is 12.0. The Morgan fingerprint density at radius 3 is 2.68 bits per heavy atom. The zero-order valence-corrected chi connectivity index (χ0v) is 12.0. The van der Waals surface area contributed by atoms with Gasteiger partial charge in [0.1, 0.15) is 0 Å². The van der Waals surface area contributed by atoms with E-state index in [4.69, 9.17) is 5.26 Å². The molecule has 1 heterocycles. The number of amides is 2. The van der Waals surface area contributed by atoms with Gasteiger partial charge in [-0.2, -0.15) is 10.4 Å². The molecule has 0 saturated carbocycles. The average Bonchev–Trinajstić information content (AvgIpc) is 2.96. The van der Waals surface area contributed by atoms with Crippen LogP contribution in [0.15, 0.2) is 30.5 Å². The summed E-state index contributed by atoms with van der Waals surface area (Å²) >= 11 is 0. The highest BCUT2D eigenvalue weighted by atomic mass is 16.2. The Labute approximate surface area is 127 Å². The van der Waals surface area contributed by atoms with Crippen LogP contribution in [0.4, 0.5) is 5.69 Å². The Hall–Kier alpha value is -3.14. The van der Waals surface area contributed by atoms with Gasteiger partial charge in [-0.1, -0.05) is 17.7 Å². The molecular weight excluding hydrogens is 282 g/mol. The van der Waals surface area contributed by atoms with Crippen LogP contribution in [0, 0.1) is 18.3 Å². The monoisotopic (exact) mass is 297 g/mol. The summed E-state index contributed by atoms with van der Waals surface area (Å²) in [5.74, 6) is -0.775. The molecule has 0 aliphatic heterocycles. The Balaban J connectivity index is 2.06. The molecule has 0 fully saturated rings. The van der Waals surface area contributed by atoms with Crippen molar-refractivity contribution in [2.24, 2.45) is 0 Å². The van der Waals surface area contributed by atoms with Crippen molar-refractivity contribution in [1.82, 2.24) is 15.5 Å². The summed E-state index contributed by atoms with van der Waals surface area (Å²) in [5.41, 5.74) is 1.92. The van der Waals surface area contributed by atoms with E-state index in [1.54, 1.807) is 12.1 Å². The Morgan fingerprint density at radius 1 is 1.27 bits per heavy atom. The van der Waals surface area contributed by atoms with Gasteiger partial charge in [-0.15, -0.1) is 0 Å². The van der Waals surface area contributed by atoms with Crippen molar-refractivity contribution >= 4 is 17.5 Å². The van der Waals surface area contributed by atoms with E-state index in [2.05, 4.69) is 20.8 Å². The van der Waals surface area contributed by atoms with Crippen molar-refractivity contribution in [3.8, 4) is 6.07 Å². The molecule has 2 rings (SSSR count). The first-order valence-corrected chi connectivity index (χ1v) is 6.68. The van der Waals surface area contributed by atoms with Gasteiger partial charge in [-0.25, -0.2) is 0 Å². The molecule has 22 heavy (non-hydrogen) atoms. The highest BCUT2D eigenvalue weighted by Gasteiger charge is 2.16. The number of H-pyrrole nitrogens is 1. The third-order valence-corrected chi connectivity index (χ3v) is 2.94. The van der Waals surface area contributed by atoms with Crippen LogP contribution in [0.1, 0.15) is 32.8 Å². The zero-order chi connectivity index (χ0) is 15.9. The van der Waals surface area contributed by atoms with Gasteiger partial charge in [0.2, 0.25) is 0 Å². The van der Waals surface area contributed by atoms with E-state index in [-0.39, 0.29) is 24.6 Å². The molecule has 0 saturated heterocycles. The molecule has 112 valence electrons. The predicted molar refractivity (Wildman–Crippen MR) is 80.3 cm³/mol. The lowest BCUT2D eigenvalue weighted by Gasteiger charge is -2.06. The van der Waals surface area contributed by atoms with Crippen LogP contribution < -0.4 is 10.6 Å². The van der Waals surface area contributed by atoms with E-state index in [0.717, 1.165) is 5.56 Å². The first-order valence-electron chi connectivity index (χ1n) is 6.68. The fourth-order valence-corrected chi connectivity index (χ4v) is 1.77. The number of hydrogen-bond donors (Lipinski definition) is 3. The lowest BCUT2D eigenvalue weighted by Crippen LogP contribution is -2.26. The number of carbonyl (C=O) groups is 2. The highest BCUT2D eigenvalue weighted by Crippen LogP contribution is 2.13. The summed E-state index contributed by atoms with van der Waals surface area (Å²) in [4.78, 5) is 24.0. The molecule has 1 aromatic heterocycles. The molecule has 0 atom stereocenters. The number of hydrogen-bond acceptors (Lipinski definition) is 4. The molecule has 0 aliphatic rings. The number of nitriles is 1. The van der Waals surface area contributed by atoms with Crippen LogP contribution in [0.2, 0.25) is 0 Å². The van der Waals surface area contributed by atoms with Crippen molar-refractivity contribution in [3.63, 3.8) is 0 Å². The number of benzene rings is 1. The summed E-state index contributed by atoms with van der Waals surface area (Å²) in [6, 6.07) is 9.01. The van der Waals surface area contributed by atoms with Crippen LogP contribution in [0.3, 0.4) is 0 Å². The quantitative estimate of drug-likeness (QED) is 0.728. The molecule has 0 bridgehead atoms. The number of nitrogens with zero attached hydrogens (tertiary/aromatic N) is 2. The predicted octanol–water partition coefficient (Wildman–Crippen LogP) is 1.61. The maximum atomic E-state index is 12.1. The second-order valence-electron chi connectivity index (χ2n) is 4.63. The molecular formula is C15H15N5O2. The van der Waals surface area contributed by atoms with Crippen LogP contribution in [-0.2, 0) is 0 Å². The summed E-state index contributed by atoms with van der Waals surface area (Å²) in [5, 5.41) is 20.0. The Bertz CT molecular complexity index is 712. The first kappa shape index (κ1) is 15.3. The fraction of sp³-hybridized carbons (Fsp3) is 0.200. The van der Waals surface area contributed by atoms with Crippen molar-refractivity contribution in [1.29, 1.82) is 5.26 Å². The molecule has 2 amide bonds. The first-order chi connectivity index (χ1) is 10.6.